The third-order valence-corrected chi connectivity index (χ3v) is 2.83. The molecule has 1 heterocycles. The van der Waals surface area contributed by atoms with Crippen molar-refractivity contribution in [2.75, 3.05) is 6.61 Å². The normalized spacial score (nSPS) is 23.4. The Balaban J connectivity index is 2.00. The van der Waals surface area contributed by atoms with Crippen LogP contribution in [0.1, 0.15) is 25.3 Å². The van der Waals surface area contributed by atoms with Crippen LogP contribution in [0.2, 0.25) is 0 Å². The quantitative estimate of drug-likeness (QED) is 0.808. The monoisotopic (exact) mass is 235 g/mol. The smallest absolute Gasteiger partial charge is 0.144 e. The van der Waals surface area contributed by atoms with Crippen molar-refractivity contribution in [3.8, 4) is 11.8 Å². The SMILES string of the molecule is CC1CCC(COc2cccc(F)c2C#N)O1. The van der Waals surface area contributed by atoms with E-state index in [2.05, 4.69) is 0 Å². The Morgan fingerprint density at radius 3 is 3.00 bits per heavy atom. The van der Waals surface area contributed by atoms with Gasteiger partial charge in [0.2, 0.25) is 0 Å². The fraction of sp³-hybridized carbons (Fsp3) is 0.462. The highest BCUT2D eigenvalue weighted by Crippen LogP contribution is 2.23. The van der Waals surface area contributed by atoms with Crippen molar-refractivity contribution in [1.82, 2.24) is 0 Å². The standard InChI is InChI=1S/C13H14FNO2/c1-9-5-6-10(17-9)8-16-13-4-2-3-12(14)11(13)7-15/h2-4,9-10H,5-6,8H2,1H3. The molecule has 17 heavy (non-hydrogen) atoms. The summed E-state index contributed by atoms with van der Waals surface area (Å²) < 4.78 is 24.3. The van der Waals surface area contributed by atoms with Crippen LogP contribution in [0.5, 0.6) is 5.75 Å². The first-order chi connectivity index (χ1) is 8.20. The molecule has 1 aliphatic heterocycles. The second-order valence-electron chi connectivity index (χ2n) is 4.18. The summed E-state index contributed by atoms with van der Waals surface area (Å²) in [5.41, 5.74) is -0.0430. The third-order valence-electron chi connectivity index (χ3n) is 2.83. The maximum atomic E-state index is 13.3. The summed E-state index contributed by atoms with van der Waals surface area (Å²) in [6.45, 7) is 2.38. The molecule has 1 aromatic rings. The third kappa shape index (κ3) is 2.75. The largest absolute Gasteiger partial charge is 0.489 e. The van der Waals surface area contributed by atoms with Gasteiger partial charge in [-0.05, 0) is 31.9 Å². The van der Waals surface area contributed by atoms with E-state index in [0.717, 1.165) is 12.8 Å². The van der Waals surface area contributed by atoms with Crippen LogP contribution >= 0.6 is 0 Å². The molecule has 1 aliphatic rings. The summed E-state index contributed by atoms with van der Waals surface area (Å²) in [6, 6.07) is 6.19. The Morgan fingerprint density at radius 2 is 2.35 bits per heavy atom. The predicted octanol–water partition coefficient (Wildman–Crippen LogP) is 2.64. The van der Waals surface area contributed by atoms with Gasteiger partial charge in [-0.1, -0.05) is 6.07 Å². The fourth-order valence-electron chi connectivity index (χ4n) is 1.92. The first-order valence-corrected chi connectivity index (χ1v) is 5.67. The number of ether oxygens (including phenoxy) is 2. The van der Waals surface area contributed by atoms with Crippen molar-refractivity contribution in [3.63, 3.8) is 0 Å². The summed E-state index contributed by atoms with van der Waals surface area (Å²) >= 11 is 0. The lowest BCUT2D eigenvalue weighted by Crippen LogP contribution is -2.18. The Morgan fingerprint density at radius 1 is 1.53 bits per heavy atom. The molecule has 0 spiro atoms. The molecule has 2 rings (SSSR count). The molecule has 0 aliphatic carbocycles. The van der Waals surface area contributed by atoms with E-state index in [1.165, 1.54) is 12.1 Å². The van der Waals surface area contributed by atoms with Crippen LogP contribution in [0.25, 0.3) is 0 Å². The van der Waals surface area contributed by atoms with Crippen molar-refractivity contribution in [1.29, 1.82) is 5.26 Å². The van der Waals surface area contributed by atoms with Crippen LogP contribution in [0, 0.1) is 17.1 Å². The molecule has 2 unspecified atom stereocenters. The number of rotatable bonds is 3. The van der Waals surface area contributed by atoms with Crippen LogP contribution < -0.4 is 4.74 Å². The minimum absolute atomic E-state index is 0.0415. The highest BCUT2D eigenvalue weighted by Gasteiger charge is 2.22. The molecule has 0 bridgehead atoms. The summed E-state index contributed by atoms with van der Waals surface area (Å²) in [5, 5.41) is 8.83. The van der Waals surface area contributed by atoms with Gasteiger partial charge in [0, 0.05) is 0 Å². The molecule has 90 valence electrons. The number of hydrogen-bond acceptors (Lipinski definition) is 3. The van der Waals surface area contributed by atoms with Gasteiger partial charge < -0.3 is 9.47 Å². The van der Waals surface area contributed by atoms with Crippen molar-refractivity contribution >= 4 is 0 Å². The number of nitriles is 1. The maximum Gasteiger partial charge on any atom is 0.144 e. The van der Waals surface area contributed by atoms with Gasteiger partial charge in [0.25, 0.3) is 0 Å². The molecule has 0 radical (unpaired) electrons. The molecular weight excluding hydrogens is 221 g/mol. The van der Waals surface area contributed by atoms with E-state index in [-0.39, 0.29) is 23.5 Å². The molecule has 0 aromatic heterocycles. The van der Waals surface area contributed by atoms with Crippen LogP contribution in [0.3, 0.4) is 0 Å². The van der Waals surface area contributed by atoms with Gasteiger partial charge in [0.15, 0.2) is 0 Å². The van der Waals surface area contributed by atoms with Gasteiger partial charge in [-0.3, -0.25) is 0 Å². The van der Waals surface area contributed by atoms with Gasteiger partial charge >= 0.3 is 0 Å². The van der Waals surface area contributed by atoms with Gasteiger partial charge in [0.05, 0.1) is 12.2 Å². The lowest BCUT2D eigenvalue weighted by Gasteiger charge is -2.13. The minimum Gasteiger partial charge on any atom is -0.489 e. The fourth-order valence-corrected chi connectivity index (χ4v) is 1.92. The molecule has 0 N–H and O–H groups in total. The number of halogens is 1. The molecule has 2 atom stereocenters. The van der Waals surface area contributed by atoms with Crippen molar-refractivity contribution in [2.45, 2.75) is 32.0 Å². The first kappa shape index (κ1) is 11.9. The Kier molecular flexibility index (Phi) is 3.60. The lowest BCUT2D eigenvalue weighted by molar-refractivity contribution is 0.0263. The first-order valence-electron chi connectivity index (χ1n) is 5.67. The van der Waals surface area contributed by atoms with Crippen LogP contribution in [0.4, 0.5) is 4.39 Å². The van der Waals surface area contributed by atoms with Crippen LogP contribution in [-0.2, 0) is 4.74 Å². The van der Waals surface area contributed by atoms with Crippen LogP contribution in [-0.4, -0.2) is 18.8 Å². The zero-order valence-electron chi connectivity index (χ0n) is 9.65. The number of hydrogen-bond donors (Lipinski definition) is 0. The second kappa shape index (κ2) is 5.15. The molecule has 3 nitrogen and oxygen atoms in total. The number of nitrogens with zero attached hydrogens (tertiary/aromatic N) is 1. The van der Waals surface area contributed by atoms with Gasteiger partial charge in [0.1, 0.15) is 29.8 Å². The summed E-state index contributed by atoms with van der Waals surface area (Å²) in [7, 11) is 0. The average Bonchev–Trinajstić information content (AvgIpc) is 2.72. The van der Waals surface area contributed by atoms with Crippen molar-refractivity contribution in [2.24, 2.45) is 0 Å². The van der Waals surface area contributed by atoms with Gasteiger partial charge in [-0.2, -0.15) is 5.26 Å². The van der Waals surface area contributed by atoms with Crippen LogP contribution in [0.15, 0.2) is 18.2 Å². The topological polar surface area (TPSA) is 42.2 Å². The van der Waals surface area contributed by atoms with Crippen molar-refractivity contribution < 1.29 is 13.9 Å². The molecule has 1 fully saturated rings. The minimum atomic E-state index is -0.550. The molecule has 1 saturated heterocycles. The van der Waals surface area contributed by atoms with Crippen molar-refractivity contribution in [3.05, 3.63) is 29.6 Å². The van der Waals surface area contributed by atoms with E-state index in [9.17, 15) is 4.39 Å². The Labute approximate surface area is 99.8 Å². The number of benzene rings is 1. The average molecular weight is 235 g/mol. The Hall–Kier alpha value is -1.60. The van der Waals surface area contributed by atoms with E-state index in [1.54, 1.807) is 6.07 Å². The van der Waals surface area contributed by atoms with E-state index in [1.807, 2.05) is 13.0 Å². The summed E-state index contributed by atoms with van der Waals surface area (Å²) in [4.78, 5) is 0. The zero-order valence-corrected chi connectivity index (χ0v) is 9.65. The zero-order chi connectivity index (χ0) is 12.3. The Bertz CT molecular complexity index is 442. The van der Waals surface area contributed by atoms with Gasteiger partial charge in [-0.15, -0.1) is 0 Å². The highest BCUT2D eigenvalue weighted by molar-refractivity contribution is 5.43. The molecule has 0 amide bonds. The highest BCUT2D eigenvalue weighted by atomic mass is 19.1. The van der Waals surface area contributed by atoms with E-state index in [0.29, 0.717) is 6.61 Å². The molecule has 4 heteroatoms. The summed E-state index contributed by atoms with van der Waals surface area (Å²) in [5.74, 6) is -0.263. The van der Waals surface area contributed by atoms with E-state index in [4.69, 9.17) is 14.7 Å². The summed E-state index contributed by atoms with van der Waals surface area (Å²) in [6.07, 6.45) is 2.26. The molecule has 1 aromatic carbocycles. The lowest BCUT2D eigenvalue weighted by atomic mass is 10.2. The second-order valence-corrected chi connectivity index (χ2v) is 4.18. The van der Waals surface area contributed by atoms with E-state index >= 15 is 0 Å². The maximum absolute atomic E-state index is 13.3. The molecule has 0 saturated carbocycles. The predicted molar refractivity (Wildman–Crippen MR) is 60.2 cm³/mol. The van der Waals surface area contributed by atoms with E-state index < -0.39 is 5.82 Å². The molecular formula is C13H14FNO2. The van der Waals surface area contributed by atoms with Gasteiger partial charge in [-0.25, -0.2) is 4.39 Å².